The lowest BCUT2D eigenvalue weighted by atomic mass is 10.1. The number of sulfone groups is 1. The molecule has 0 heterocycles. The van der Waals surface area contributed by atoms with Gasteiger partial charge in [-0.3, -0.25) is 0 Å². The summed E-state index contributed by atoms with van der Waals surface area (Å²) in [5, 5.41) is -0.235. The van der Waals surface area contributed by atoms with Crippen molar-refractivity contribution in [3.8, 4) is 0 Å². The van der Waals surface area contributed by atoms with E-state index in [2.05, 4.69) is 6.92 Å². The van der Waals surface area contributed by atoms with Crippen molar-refractivity contribution in [2.45, 2.75) is 45.8 Å². The van der Waals surface area contributed by atoms with Crippen LogP contribution in [0.15, 0.2) is 0 Å². The SMILES string of the molecule is CC(CCCl)CCS(=O)(=O)C(C)C(C)C. The van der Waals surface area contributed by atoms with E-state index >= 15 is 0 Å². The summed E-state index contributed by atoms with van der Waals surface area (Å²) in [5.74, 6) is 1.50. The first-order valence-corrected chi connectivity index (χ1v) is 7.83. The predicted molar refractivity (Wildman–Crippen MR) is 67.2 cm³/mol. The molecule has 2 atom stereocenters. The van der Waals surface area contributed by atoms with Crippen molar-refractivity contribution in [2.75, 3.05) is 11.6 Å². The maximum Gasteiger partial charge on any atom is 0.153 e. The first-order valence-electron chi connectivity index (χ1n) is 5.58. The fraction of sp³-hybridized carbons (Fsp3) is 1.00. The van der Waals surface area contributed by atoms with Crippen LogP contribution in [0.1, 0.15) is 40.5 Å². The zero-order chi connectivity index (χ0) is 12.1. The van der Waals surface area contributed by atoms with Crippen LogP contribution in [0.3, 0.4) is 0 Å². The normalized spacial score (nSPS) is 16.7. The van der Waals surface area contributed by atoms with Crippen LogP contribution in [-0.4, -0.2) is 25.3 Å². The molecule has 15 heavy (non-hydrogen) atoms. The summed E-state index contributed by atoms with van der Waals surface area (Å²) in [4.78, 5) is 0. The van der Waals surface area contributed by atoms with Crippen LogP contribution in [0.5, 0.6) is 0 Å². The molecule has 0 N–H and O–H groups in total. The third-order valence-electron chi connectivity index (χ3n) is 3.00. The molecule has 0 aliphatic rings. The predicted octanol–water partition coefficient (Wildman–Crippen LogP) is 3.10. The standard InChI is InChI=1S/C11H23ClO2S/c1-9(2)11(4)15(13,14)8-6-10(3)5-7-12/h9-11H,5-8H2,1-4H3. The van der Waals surface area contributed by atoms with E-state index in [4.69, 9.17) is 11.6 Å². The van der Waals surface area contributed by atoms with Gasteiger partial charge in [0.1, 0.15) is 0 Å². The minimum atomic E-state index is -2.92. The average Bonchev–Trinajstić information content (AvgIpc) is 2.14. The van der Waals surface area contributed by atoms with Gasteiger partial charge in [0.2, 0.25) is 0 Å². The Kier molecular flexibility index (Phi) is 6.85. The van der Waals surface area contributed by atoms with Crippen LogP contribution in [0.4, 0.5) is 0 Å². The highest BCUT2D eigenvalue weighted by Crippen LogP contribution is 2.16. The number of hydrogen-bond acceptors (Lipinski definition) is 2. The zero-order valence-electron chi connectivity index (χ0n) is 10.2. The van der Waals surface area contributed by atoms with Crippen LogP contribution < -0.4 is 0 Å². The smallest absolute Gasteiger partial charge is 0.153 e. The van der Waals surface area contributed by atoms with Gasteiger partial charge in [0.05, 0.1) is 11.0 Å². The minimum absolute atomic E-state index is 0.193. The van der Waals surface area contributed by atoms with E-state index in [-0.39, 0.29) is 11.2 Å². The second-order valence-electron chi connectivity index (χ2n) is 4.69. The van der Waals surface area contributed by atoms with Gasteiger partial charge in [-0.15, -0.1) is 11.6 Å². The molecule has 4 heteroatoms. The molecule has 0 rings (SSSR count). The molecule has 2 unspecified atom stereocenters. The fourth-order valence-electron chi connectivity index (χ4n) is 1.30. The molecule has 0 amide bonds. The number of halogens is 1. The molecule has 0 aliphatic heterocycles. The van der Waals surface area contributed by atoms with Crippen molar-refractivity contribution in [2.24, 2.45) is 11.8 Å². The van der Waals surface area contributed by atoms with E-state index in [1.165, 1.54) is 0 Å². The summed E-state index contributed by atoms with van der Waals surface area (Å²) in [7, 11) is -2.92. The Morgan fingerprint density at radius 2 is 1.60 bits per heavy atom. The maximum absolute atomic E-state index is 11.8. The molecular formula is C11H23ClO2S. The average molecular weight is 255 g/mol. The third kappa shape index (κ3) is 5.76. The Hall–Kier alpha value is 0.240. The molecule has 92 valence electrons. The second-order valence-corrected chi connectivity index (χ2v) is 7.54. The molecule has 0 fully saturated rings. The Morgan fingerprint density at radius 1 is 1.07 bits per heavy atom. The first kappa shape index (κ1) is 15.2. The van der Waals surface area contributed by atoms with Gasteiger partial charge in [0.25, 0.3) is 0 Å². The van der Waals surface area contributed by atoms with Gasteiger partial charge in [-0.1, -0.05) is 20.8 Å². The van der Waals surface area contributed by atoms with Gasteiger partial charge in [-0.05, 0) is 31.6 Å². The monoisotopic (exact) mass is 254 g/mol. The lowest BCUT2D eigenvalue weighted by Gasteiger charge is -2.17. The largest absolute Gasteiger partial charge is 0.229 e. The lowest BCUT2D eigenvalue weighted by molar-refractivity contribution is 0.516. The molecule has 0 aliphatic carbocycles. The fourth-order valence-corrected chi connectivity index (χ4v) is 3.60. The van der Waals surface area contributed by atoms with Gasteiger partial charge in [0, 0.05) is 5.88 Å². The van der Waals surface area contributed by atoms with Crippen LogP contribution in [0, 0.1) is 11.8 Å². The molecule has 0 spiro atoms. The first-order chi connectivity index (χ1) is 6.81. The Labute approximate surface area is 99.3 Å². The molecule has 0 aromatic rings. The summed E-state index contributed by atoms with van der Waals surface area (Å²) in [5.41, 5.74) is 0. The van der Waals surface area contributed by atoms with Crippen molar-refractivity contribution >= 4 is 21.4 Å². The number of rotatable bonds is 7. The summed E-state index contributed by atoms with van der Waals surface area (Å²) in [6, 6.07) is 0. The van der Waals surface area contributed by atoms with Gasteiger partial charge in [-0.2, -0.15) is 0 Å². The molecule has 0 radical (unpaired) electrons. The highest BCUT2D eigenvalue weighted by Gasteiger charge is 2.23. The molecule has 0 saturated carbocycles. The van der Waals surface area contributed by atoms with E-state index in [0.717, 1.165) is 12.8 Å². The van der Waals surface area contributed by atoms with E-state index < -0.39 is 9.84 Å². The summed E-state index contributed by atoms with van der Waals surface area (Å²) in [6.45, 7) is 7.75. The van der Waals surface area contributed by atoms with Crippen LogP contribution >= 0.6 is 11.6 Å². The highest BCUT2D eigenvalue weighted by molar-refractivity contribution is 7.92. The van der Waals surface area contributed by atoms with E-state index in [1.54, 1.807) is 6.92 Å². The van der Waals surface area contributed by atoms with Crippen molar-refractivity contribution in [3.63, 3.8) is 0 Å². The number of alkyl halides is 1. The molecule has 0 aromatic heterocycles. The molecule has 2 nitrogen and oxygen atoms in total. The summed E-state index contributed by atoms with van der Waals surface area (Å²) in [6.07, 6.45) is 1.62. The summed E-state index contributed by atoms with van der Waals surface area (Å²) >= 11 is 5.61. The topological polar surface area (TPSA) is 34.1 Å². The van der Waals surface area contributed by atoms with Crippen LogP contribution in [-0.2, 0) is 9.84 Å². The summed E-state index contributed by atoms with van der Waals surface area (Å²) < 4.78 is 23.7. The van der Waals surface area contributed by atoms with Crippen LogP contribution in [0.2, 0.25) is 0 Å². The number of hydrogen-bond donors (Lipinski definition) is 0. The van der Waals surface area contributed by atoms with Gasteiger partial charge in [-0.25, -0.2) is 8.42 Å². The van der Waals surface area contributed by atoms with E-state index in [1.807, 2.05) is 13.8 Å². The molecule has 0 bridgehead atoms. The van der Waals surface area contributed by atoms with Gasteiger partial charge in [0.15, 0.2) is 9.84 Å². The minimum Gasteiger partial charge on any atom is -0.229 e. The molecule has 0 saturated heterocycles. The Morgan fingerprint density at radius 3 is 2.00 bits per heavy atom. The van der Waals surface area contributed by atoms with Crippen molar-refractivity contribution < 1.29 is 8.42 Å². The van der Waals surface area contributed by atoms with Gasteiger partial charge < -0.3 is 0 Å². The third-order valence-corrected chi connectivity index (χ3v) is 5.70. The maximum atomic E-state index is 11.8. The molecule has 0 aromatic carbocycles. The lowest BCUT2D eigenvalue weighted by Crippen LogP contribution is -2.26. The Balaban J connectivity index is 4.16. The molecular weight excluding hydrogens is 232 g/mol. The van der Waals surface area contributed by atoms with E-state index in [0.29, 0.717) is 17.6 Å². The van der Waals surface area contributed by atoms with Crippen molar-refractivity contribution in [1.29, 1.82) is 0 Å². The Bertz CT molecular complexity index is 260. The highest BCUT2D eigenvalue weighted by atomic mass is 35.5. The van der Waals surface area contributed by atoms with Gasteiger partial charge >= 0.3 is 0 Å². The second kappa shape index (κ2) is 6.74. The zero-order valence-corrected chi connectivity index (χ0v) is 11.7. The van der Waals surface area contributed by atoms with Crippen molar-refractivity contribution in [1.82, 2.24) is 0 Å². The van der Waals surface area contributed by atoms with Crippen LogP contribution in [0.25, 0.3) is 0 Å². The van der Waals surface area contributed by atoms with E-state index in [9.17, 15) is 8.42 Å². The quantitative estimate of drug-likeness (QED) is 0.655. The van der Waals surface area contributed by atoms with Crippen molar-refractivity contribution in [3.05, 3.63) is 0 Å².